The third-order valence-electron chi connectivity index (χ3n) is 4.82. The van der Waals surface area contributed by atoms with Gasteiger partial charge in [0.25, 0.3) is 11.8 Å². The summed E-state index contributed by atoms with van der Waals surface area (Å²) in [4.78, 5) is 25.9. The molecule has 0 saturated carbocycles. The summed E-state index contributed by atoms with van der Waals surface area (Å²) in [6.07, 6.45) is 1.70. The molecule has 0 aliphatic carbocycles. The fourth-order valence-electron chi connectivity index (χ4n) is 3.25. The van der Waals surface area contributed by atoms with Crippen LogP contribution in [0, 0.1) is 13.8 Å². The first-order valence-corrected chi connectivity index (χ1v) is 8.65. The molecule has 0 atom stereocenters. The van der Waals surface area contributed by atoms with Crippen LogP contribution in [0.2, 0.25) is 0 Å². The monoisotopic (exact) mass is 340 g/mol. The molecule has 0 unspecified atom stereocenters. The largest absolute Gasteiger partial charge is 0.313 e. The Morgan fingerprint density at radius 1 is 1.04 bits per heavy atom. The van der Waals surface area contributed by atoms with E-state index in [2.05, 4.69) is 17.3 Å². The van der Waals surface area contributed by atoms with E-state index in [1.165, 1.54) is 16.2 Å². The number of benzene rings is 1. The van der Waals surface area contributed by atoms with Crippen LogP contribution in [-0.4, -0.2) is 39.6 Å². The van der Waals surface area contributed by atoms with Gasteiger partial charge in [0.2, 0.25) is 0 Å². The smallest absolute Gasteiger partial charge is 0.261 e. The number of carbonyl (C=O) groups excluding carboxylic acids is 2. The average molecular weight is 340 g/mol. The lowest BCUT2D eigenvalue weighted by atomic mass is 10.1. The van der Waals surface area contributed by atoms with Crippen molar-refractivity contribution in [1.82, 2.24) is 20.0 Å². The van der Waals surface area contributed by atoms with E-state index in [1.807, 2.05) is 18.7 Å². The molecule has 1 aromatic heterocycles. The maximum atomic E-state index is 12.3. The highest BCUT2D eigenvalue weighted by Crippen LogP contribution is 2.22. The fraction of sp³-hybridized carbons (Fsp3) is 0.421. The van der Waals surface area contributed by atoms with Gasteiger partial charge in [-0.05, 0) is 45.4 Å². The molecule has 6 nitrogen and oxygen atoms in total. The van der Waals surface area contributed by atoms with Gasteiger partial charge in [0.15, 0.2) is 0 Å². The standard InChI is InChI=1S/C19H24N4O2/c1-13-17(14(2)22(3)21-13)12-20-10-6-7-11-23-18(24)15-8-4-5-9-16(15)19(23)25/h4-5,8-9,20H,6-7,10-12H2,1-3H3. The number of fused-ring (bicyclic) bond motifs is 1. The Bertz CT molecular complexity index is 775. The molecule has 132 valence electrons. The second-order valence-electron chi connectivity index (χ2n) is 6.46. The Labute approximate surface area is 147 Å². The predicted octanol–water partition coefficient (Wildman–Crippen LogP) is 2.20. The topological polar surface area (TPSA) is 67.2 Å². The van der Waals surface area contributed by atoms with Gasteiger partial charge in [-0.1, -0.05) is 12.1 Å². The first-order chi connectivity index (χ1) is 12.0. The number of nitrogens with zero attached hydrogens (tertiary/aromatic N) is 3. The molecule has 1 N–H and O–H groups in total. The number of amides is 2. The molecule has 0 saturated heterocycles. The van der Waals surface area contributed by atoms with Crippen LogP contribution in [0.5, 0.6) is 0 Å². The Morgan fingerprint density at radius 2 is 1.68 bits per heavy atom. The molecule has 0 radical (unpaired) electrons. The SMILES string of the molecule is Cc1nn(C)c(C)c1CNCCCCN1C(=O)c2ccccc2C1=O. The van der Waals surface area contributed by atoms with Crippen molar-refractivity contribution in [2.24, 2.45) is 7.05 Å². The van der Waals surface area contributed by atoms with Crippen molar-refractivity contribution >= 4 is 11.8 Å². The average Bonchev–Trinajstić information content (AvgIpc) is 2.99. The molecule has 0 fully saturated rings. The van der Waals surface area contributed by atoms with E-state index in [4.69, 9.17) is 0 Å². The summed E-state index contributed by atoms with van der Waals surface area (Å²) >= 11 is 0. The predicted molar refractivity (Wildman–Crippen MR) is 95.4 cm³/mol. The van der Waals surface area contributed by atoms with Gasteiger partial charge in [0, 0.05) is 31.4 Å². The van der Waals surface area contributed by atoms with Crippen molar-refractivity contribution in [3.8, 4) is 0 Å². The zero-order valence-corrected chi connectivity index (χ0v) is 15.0. The van der Waals surface area contributed by atoms with Crippen LogP contribution in [0.1, 0.15) is 50.5 Å². The molecule has 0 bridgehead atoms. The van der Waals surface area contributed by atoms with Crippen LogP contribution in [0.4, 0.5) is 0 Å². The summed E-state index contributed by atoms with van der Waals surface area (Å²) in [5, 5.41) is 7.83. The normalized spacial score (nSPS) is 13.6. The zero-order chi connectivity index (χ0) is 18.0. The number of aromatic nitrogens is 2. The van der Waals surface area contributed by atoms with E-state index >= 15 is 0 Å². The van der Waals surface area contributed by atoms with Crippen LogP contribution < -0.4 is 5.32 Å². The number of hydrogen-bond donors (Lipinski definition) is 1. The van der Waals surface area contributed by atoms with E-state index in [-0.39, 0.29) is 11.8 Å². The molecule has 2 heterocycles. The van der Waals surface area contributed by atoms with Gasteiger partial charge in [-0.2, -0.15) is 5.10 Å². The van der Waals surface area contributed by atoms with Gasteiger partial charge in [-0.3, -0.25) is 19.2 Å². The van der Waals surface area contributed by atoms with Gasteiger partial charge in [-0.25, -0.2) is 0 Å². The number of hydrogen-bond acceptors (Lipinski definition) is 4. The minimum absolute atomic E-state index is 0.171. The highest BCUT2D eigenvalue weighted by atomic mass is 16.2. The molecular weight excluding hydrogens is 316 g/mol. The Hall–Kier alpha value is -2.47. The number of aryl methyl sites for hydroxylation is 2. The van der Waals surface area contributed by atoms with Gasteiger partial charge in [0.05, 0.1) is 16.8 Å². The highest BCUT2D eigenvalue weighted by molar-refractivity contribution is 6.21. The van der Waals surface area contributed by atoms with E-state index in [9.17, 15) is 9.59 Å². The first-order valence-electron chi connectivity index (χ1n) is 8.65. The van der Waals surface area contributed by atoms with Crippen molar-refractivity contribution in [1.29, 1.82) is 0 Å². The Morgan fingerprint density at radius 3 is 2.24 bits per heavy atom. The fourth-order valence-corrected chi connectivity index (χ4v) is 3.25. The van der Waals surface area contributed by atoms with Crippen LogP contribution in [0.15, 0.2) is 24.3 Å². The highest BCUT2D eigenvalue weighted by Gasteiger charge is 2.34. The number of nitrogens with one attached hydrogen (secondary N) is 1. The number of unbranched alkanes of at least 4 members (excludes halogenated alkanes) is 1. The van der Waals surface area contributed by atoms with Crippen LogP contribution in [0.3, 0.4) is 0 Å². The van der Waals surface area contributed by atoms with Crippen molar-refractivity contribution < 1.29 is 9.59 Å². The molecule has 0 spiro atoms. The summed E-state index contributed by atoms with van der Waals surface area (Å²) in [5.41, 5.74) is 4.51. The third kappa shape index (κ3) is 3.35. The lowest BCUT2D eigenvalue weighted by molar-refractivity contribution is 0.0651. The minimum atomic E-state index is -0.171. The number of carbonyl (C=O) groups is 2. The molecule has 2 amide bonds. The third-order valence-corrected chi connectivity index (χ3v) is 4.82. The summed E-state index contributed by atoms with van der Waals surface area (Å²) in [6.45, 7) is 6.19. The van der Waals surface area contributed by atoms with Crippen molar-refractivity contribution in [2.45, 2.75) is 33.2 Å². The summed E-state index contributed by atoms with van der Waals surface area (Å²) < 4.78 is 1.90. The Balaban J connectivity index is 1.42. The van der Waals surface area contributed by atoms with Gasteiger partial charge in [0.1, 0.15) is 0 Å². The van der Waals surface area contributed by atoms with Gasteiger partial charge >= 0.3 is 0 Å². The summed E-state index contributed by atoms with van der Waals surface area (Å²) in [5.74, 6) is -0.342. The number of rotatable bonds is 7. The Kier molecular flexibility index (Phi) is 4.99. The lowest BCUT2D eigenvalue weighted by Crippen LogP contribution is -2.31. The van der Waals surface area contributed by atoms with Crippen LogP contribution in [-0.2, 0) is 13.6 Å². The van der Waals surface area contributed by atoms with Crippen molar-refractivity contribution in [3.05, 3.63) is 52.3 Å². The number of imide groups is 1. The van der Waals surface area contributed by atoms with Crippen molar-refractivity contribution in [2.75, 3.05) is 13.1 Å². The molecule has 25 heavy (non-hydrogen) atoms. The second kappa shape index (κ2) is 7.19. The van der Waals surface area contributed by atoms with E-state index in [1.54, 1.807) is 24.3 Å². The van der Waals surface area contributed by atoms with Gasteiger partial charge < -0.3 is 5.32 Å². The second-order valence-corrected chi connectivity index (χ2v) is 6.46. The molecule has 1 aliphatic heterocycles. The summed E-state index contributed by atoms with van der Waals surface area (Å²) in [7, 11) is 1.95. The maximum Gasteiger partial charge on any atom is 0.261 e. The lowest BCUT2D eigenvalue weighted by Gasteiger charge is -2.13. The van der Waals surface area contributed by atoms with E-state index in [0.29, 0.717) is 17.7 Å². The maximum absolute atomic E-state index is 12.3. The summed E-state index contributed by atoms with van der Waals surface area (Å²) in [6, 6.07) is 7.02. The van der Waals surface area contributed by atoms with E-state index < -0.39 is 0 Å². The van der Waals surface area contributed by atoms with Crippen molar-refractivity contribution in [3.63, 3.8) is 0 Å². The molecular formula is C19H24N4O2. The van der Waals surface area contributed by atoms with Gasteiger partial charge in [-0.15, -0.1) is 0 Å². The minimum Gasteiger partial charge on any atom is -0.313 e. The van der Waals surface area contributed by atoms with E-state index in [0.717, 1.165) is 31.6 Å². The quantitative estimate of drug-likeness (QED) is 0.620. The molecule has 3 rings (SSSR count). The van der Waals surface area contributed by atoms with Crippen LogP contribution in [0.25, 0.3) is 0 Å². The molecule has 1 aromatic carbocycles. The molecule has 2 aromatic rings. The molecule has 6 heteroatoms. The molecule has 1 aliphatic rings. The van der Waals surface area contributed by atoms with Crippen LogP contribution >= 0.6 is 0 Å². The zero-order valence-electron chi connectivity index (χ0n) is 15.0. The first kappa shape index (κ1) is 17.4.